The maximum Gasteiger partial charge on any atom is 0.160 e. The first-order chi connectivity index (χ1) is 10.0. The molecule has 0 saturated carbocycles. The highest BCUT2D eigenvalue weighted by atomic mass is 35.5. The van der Waals surface area contributed by atoms with Crippen LogP contribution in [0.15, 0.2) is 18.2 Å². The Morgan fingerprint density at radius 3 is 2.24 bits per heavy atom. The summed E-state index contributed by atoms with van der Waals surface area (Å²) in [5, 5.41) is 6.12. The Morgan fingerprint density at radius 1 is 1.05 bits per heavy atom. The standard InChI is InChI=1S/C14H15Cl2FN4/c1-3-11-20-12(18-4-2)7-13(21-11)19-8-5-9(15)14(17)10(16)6-8/h5-7H,3-4H2,1-2H3,(H2,18,19,20,21). The van der Waals surface area contributed by atoms with Gasteiger partial charge in [0.15, 0.2) is 5.82 Å². The SMILES string of the molecule is CCNc1cc(Nc2cc(Cl)c(F)c(Cl)c2)nc(CC)n1. The van der Waals surface area contributed by atoms with E-state index < -0.39 is 5.82 Å². The number of anilines is 3. The molecule has 0 spiro atoms. The molecule has 1 heterocycles. The summed E-state index contributed by atoms with van der Waals surface area (Å²) in [7, 11) is 0. The molecule has 0 saturated heterocycles. The van der Waals surface area contributed by atoms with E-state index in [1.165, 1.54) is 12.1 Å². The van der Waals surface area contributed by atoms with Crippen molar-refractivity contribution in [2.24, 2.45) is 0 Å². The summed E-state index contributed by atoms with van der Waals surface area (Å²) in [4.78, 5) is 8.73. The van der Waals surface area contributed by atoms with Crippen molar-refractivity contribution in [2.75, 3.05) is 17.2 Å². The van der Waals surface area contributed by atoms with Crippen LogP contribution in [0.1, 0.15) is 19.7 Å². The van der Waals surface area contributed by atoms with E-state index in [0.717, 1.165) is 12.4 Å². The highest BCUT2D eigenvalue weighted by molar-refractivity contribution is 6.35. The molecule has 112 valence electrons. The van der Waals surface area contributed by atoms with Crippen molar-refractivity contribution < 1.29 is 4.39 Å². The van der Waals surface area contributed by atoms with Crippen LogP contribution in [-0.4, -0.2) is 16.5 Å². The van der Waals surface area contributed by atoms with Gasteiger partial charge in [0, 0.05) is 24.7 Å². The lowest BCUT2D eigenvalue weighted by Crippen LogP contribution is -2.05. The minimum atomic E-state index is -0.630. The summed E-state index contributed by atoms with van der Waals surface area (Å²) < 4.78 is 13.4. The van der Waals surface area contributed by atoms with Crippen molar-refractivity contribution >= 4 is 40.5 Å². The Labute approximate surface area is 132 Å². The zero-order valence-electron chi connectivity index (χ0n) is 11.7. The van der Waals surface area contributed by atoms with Crippen LogP contribution in [0, 0.1) is 5.82 Å². The topological polar surface area (TPSA) is 49.8 Å². The number of hydrogen-bond acceptors (Lipinski definition) is 4. The summed E-state index contributed by atoms with van der Waals surface area (Å²) in [5.41, 5.74) is 0.564. The third kappa shape index (κ3) is 3.95. The molecule has 0 atom stereocenters. The monoisotopic (exact) mass is 328 g/mol. The van der Waals surface area contributed by atoms with Gasteiger partial charge in [-0.05, 0) is 19.1 Å². The van der Waals surface area contributed by atoms with Gasteiger partial charge in [-0.3, -0.25) is 0 Å². The van der Waals surface area contributed by atoms with Gasteiger partial charge in [-0.1, -0.05) is 30.1 Å². The molecule has 0 fully saturated rings. The number of halogens is 3. The maximum atomic E-state index is 13.4. The van der Waals surface area contributed by atoms with Crippen LogP contribution in [0.5, 0.6) is 0 Å². The van der Waals surface area contributed by atoms with Crippen molar-refractivity contribution in [1.29, 1.82) is 0 Å². The van der Waals surface area contributed by atoms with Crippen LogP contribution in [0.2, 0.25) is 10.0 Å². The number of nitrogens with one attached hydrogen (secondary N) is 2. The highest BCUT2D eigenvalue weighted by Crippen LogP contribution is 2.29. The fourth-order valence-corrected chi connectivity index (χ4v) is 2.25. The lowest BCUT2D eigenvalue weighted by atomic mass is 10.3. The molecule has 0 amide bonds. The third-order valence-electron chi connectivity index (χ3n) is 2.70. The van der Waals surface area contributed by atoms with Crippen molar-refractivity contribution in [3.63, 3.8) is 0 Å². The van der Waals surface area contributed by atoms with Crippen LogP contribution >= 0.6 is 23.2 Å². The molecule has 0 bridgehead atoms. The highest BCUT2D eigenvalue weighted by Gasteiger charge is 2.09. The lowest BCUT2D eigenvalue weighted by Gasteiger charge is -2.11. The van der Waals surface area contributed by atoms with Gasteiger partial charge in [0.1, 0.15) is 17.5 Å². The first-order valence-corrected chi connectivity index (χ1v) is 7.32. The van der Waals surface area contributed by atoms with Crippen molar-refractivity contribution in [3.8, 4) is 0 Å². The van der Waals surface area contributed by atoms with Crippen LogP contribution < -0.4 is 10.6 Å². The van der Waals surface area contributed by atoms with Crippen LogP contribution in [0.4, 0.5) is 21.7 Å². The first kappa shape index (κ1) is 15.8. The predicted octanol–water partition coefficient (Wildman–Crippen LogP) is 4.66. The zero-order valence-corrected chi connectivity index (χ0v) is 13.2. The summed E-state index contributed by atoms with van der Waals surface area (Å²) in [6.07, 6.45) is 0.707. The van der Waals surface area contributed by atoms with E-state index >= 15 is 0 Å². The minimum absolute atomic E-state index is 0.0401. The Bertz CT molecular complexity index is 626. The maximum absolute atomic E-state index is 13.4. The number of aromatic nitrogens is 2. The van der Waals surface area contributed by atoms with Crippen LogP contribution in [-0.2, 0) is 6.42 Å². The van der Waals surface area contributed by atoms with Gasteiger partial charge >= 0.3 is 0 Å². The molecule has 1 aromatic heterocycles. The Kier molecular flexibility index (Phi) is 5.20. The quantitative estimate of drug-likeness (QED) is 0.783. The van der Waals surface area contributed by atoms with Gasteiger partial charge in [0.05, 0.1) is 10.0 Å². The zero-order chi connectivity index (χ0) is 15.4. The second-order valence-corrected chi connectivity index (χ2v) is 5.13. The summed E-state index contributed by atoms with van der Waals surface area (Å²) >= 11 is 11.6. The van der Waals surface area contributed by atoms with E-state index in [4.69, 9.17) is 23.2 Å². The fourth-order valence-electron chi connectivity index (χ4n) is 1.77. The number of aryl methyl sites for hydroxylation is 1. The van der Waals surface area contributed by atoms with Crippen molar-refractivity contribution in [3.05, 3.63) is 39.9 Å². The number of benzene rings is 1. The average Bonchev–Trinajstić information content (AvgIpc) is 2.44. The minimum Gasteiger partial charge on any atom is -0.370 e. The Hall–Kier alpha value is -1.59. The smallest absolute Gasteiger partial charge is 0.160 e. The molecule has 4 nitrogen and oxygen atoms in total. The third-order valence-corrected chi connectivity index (χ3v) is 3.25. The molecule has 0 aliphatic heterocycles. The molecule has 0 aliphatic carbocycles. The van der Waals surface area contributed by atoms with E-state index in [0.29, 0.717) is 23.8 Å². The number of rotatable bonds is 5. The first-order valence-electron chi connectivity index (χ1n) is 6.56. The van der Waals surface area contributed by atoms with Crippen LogP contribution in [0.25, 0.3) is 0 Å². The van der Waals surface area contributed by atoms with E-state index in [-0.39, 0.29) is 10.0 Å². The lowest BCUT2D eigenvalue weighted by molar-refractivity contribution is 0.629. The molecule has 2 N–H and O–H groups in total. The molecule has 0 unspecified atom stereocenters. The molecular weight excluding hydrogens is 314 g/mol. The predicted molar refractivity (Wildman–Crippen MR) is 85.3 cm³/mol. The van der Waals surface area contributed by atoms with Gasteiger partial charge in [-0.2, -0.15) is 0 Å². The Morgan fingerprint density at radius 2 is 1.67 bits per heavy atom. The van der Waals surface area contributed by atoms with Crippen molar-refractivity contribution in [1.82, 2.24) is 9.97 Å². The molecule has 2 rings (SSSR count). The molecular formula is C14H15Cl2FN4. The van der Waals surface area contributed by atoms with E-state index in [1.54, 1.807) is 6.07 Å². The second-order valence-electron chi connectivity index (χ2n) is 4.32. The van der Waals surface area contributed by atoms with Crippen molar-refractivity contribution in [2.45, 2.75) is 20.3 Å². The summed E-state index contributed by atoms with van der Waals surface area (Å²) in [6.45, 7) is 4.72. The molecule has 1 aromatic carbocycles. The van der Waals surface area contributed by atoms with Gasteiger partial charge in [0.25, 0.3) is 0 Å². The van der Waals surface area contributed by atoms with E-state index in [1.807, 2.05) is 13.8 Å². The second kappa shape index (κ2) is 6.91. The number of hydrogen-bond donors (Lipinski definition) is 2. The van der Waals surface area contributed by atoms with Gasteiger partial charge < -0.3 is 10.6 Å². The van der Waals surface area contributed by atoms with Gasteiger partial charge in [-0.25, -0.2) is 14.4 Å². The molecule has 0 aliphatic rings. The van der Waals surface area contributed by atoms with Gasteiger partial charge in [0.2, 0.25) is 0 Å². The summed E-state index contributed by atoms with van der Waals surface area (Å²) in [5.74, 6) is 1.40. The van der Waals surface area contributed by atoms with E-state index in [9.17, 15) is 4.39 Å². The average molecular weight is 329 g/mol. The van der Waals surface area contributed by atoms with E-state index in [2.05, 4.69) is 20.6 Å². The molecule has 7 heteroatoms. The van der Waals surface area contributed by atoms with Crippen LogP contribution in [0.3, 0.4) is 0 Å². The van der Waals surface area contributed by atoms with Gasteiger partial charge in [-0.15, -0.1) is 0 Å². The fraction of sp³-hybridized carbons (Fsp3) is 0.286. The molecule has 0 radical (unpaired) electrons. The molecule has 2 aromatic rings. The molecule has 21 heavy (non-hydrogen) atoms. The number of nitrogens with zero attached hydrogens (tertiary/aromatic N) is 2. The Balaban J connectivity index is 2.32. The normalized spacial score (nSPS) is 10.5. The summed E-state index contributed by atoms with van der Waals surface area (Å²) in [6, 6.07) is 4.70. The largest absolute Gasteiger partial charge is 0.370 e.